The predicted molar refractivity (Wildman–Crippen MR) is 62.9 cm³/mol. The Morgan fingerprint density at radius 3 is 2.71 bits per heavy atom. The van der Waals surface area contributed by atoms with Crippen molar-refractivity contribution in [1.29, 1.82) is 0 Å². The molecule has 2 heterocycles. The first-order valence-electron chi connectivity index (χ1n) is 5.58. The maximum atomic E-state index is 12.2. The van der Waals surface area contributed by atoms with Gasteiger partial charge in [-0.05, 0) is 25.5 Å². The highest BCUT2D eigenvalue weighted by molar-refractivity contribution is 7.88. The van der Waals surface area contributed by atoms with Gasteiger partial charge in [0.15, 0.2) is 0 Å². The van der Waals surface area contributed by atoms with Crippen LogP contribution in [0.2, 0.25) is 0 Å². The SMILES string of the molecule is CN([C@H]1CCCNC1)S(=O)(=O)c1ncccn1. The molecule has 7 heteroatoms. The fourth-order valence-corrected chi connectivity index (χ4v) is 3.11. The van der Waals surface area contributed by atoms with Crippen molar-refractivity contribution >= 4 is 10.0 Å². The molecule has 0 unspecified atom stereocenters. The summed E-state index contributed by atoms with van der Waals surface area (Å²) in [5.74, 6) is 0. The number of likely N-dealkylation sites (N-methyl/N-ethyl adjacent to an activating group) is 1. The maximum absolute atomic E-state index is 12.2. The summed E-state index contributed by atoms with van der Waals surface area (Å²) in [5, 5.41) is 3.06. The van der Waals surface area contributed by atoms with Crippen LogP contribution in [0.4, 0.5) is 0 Å². The van der Waals surface area contributed by atoms with Crippen LogP contribution in [0.5, 0.6) is 0 Å². The van der Waals surface area contributed by atoms with Gasteiger partial charge in [-0.25, -0.2) is 18.4 Å². The molecular weight excluding hydrogens is 240 g/mol. The van der Waals surface area contributed by atoms with E-state index in [4.69, 9.17) is 0 Å². The van der Waals surface area contributed by atoms with Crippen LogP contribution < -0.4 is 5.32 Å². The van der Waals surface area contributed by atoms with Crippen molar-refractivity contribution in [3.05, 3.63) is 18.5 Å². The molecule has 1 aliphatic rings. The largest absolute Gasteiger partial charge is 0.315 e. The third-order valence-corrected chi connectivity index (χ3v) is 4.67. The first kappa shape index (κ1) is 12.4. The zero-order valence-electron chi connectivity index (χ0n) is 9.70. The van der Waals surface area contributed by atoms with Gasteiger partial charge in [-0.2, -0.15) is 4.31 Å². The lowest BCUT2D eigenvalue weighted by Gasteiger charge is -2.30. The number of nitrogens with one attached hydrogen (secondary N) is 1. The number of sulfonamides is 1. The molecule has 0 aromatic carbocycles. The molecule has 1 aromatic rings. The lowest BCUT2D eigenvalue weighted by molar-refractivity contribution is 0.298. The minimum atomic E-state index is -3.57. The summed E-state index contributed by atoms with van der Waals surface area (Å²) in [7, 11) is -1.98. The van der Waals surface area contributed by atoms with Crippen LogP contribution in [0.25, 0.3) is 0 Å². The van der Waals surface area contributed by atoms with Crippen LogP contribution in [-0.4, -0.2) is 48.9 Å². The molecule has 6 nitrogen and oxygen atoms in total. The average molecular weight is 256 g/mol. The van der Waals surface area contributed by atoms with Gasteiger partial charge in [0.25, 0.3) is 15.2 Å². The summed E-state index contributed by atoms with van der Waals surface area (Å²) in [5.41, 5.74) is 0. The van der Waals surface area contributed by atoms with Crippen LogP contribution in [0.15, 0.2) is 23.6 Å². The molecule has 1 N–H and O–H groups in total. The van der Waals surface area contributed by atoms with Crippen LogP contribution in [-0.2, 0) is 10.0 Å². The summed E-state index contributed by atoms with van der Waals surface area (Å²) in [4.78, 5) is 7.61. The highest BCUT2D eigenvalue weighted by atomic mass is 32.2. The van der Waals surface area contributed by atoms with E-state index in [-0.39, 0.29) is 11.2 Å². The minimum Gasteiger partial charge on any atom is -0.315 e. The Labute approximate surface area is 101 Å². The van der Waals surface area contributed by atoms with Crippen LogP contribution in [0, 0.1) is 0 Å². The molecule has 0 aliphatic carbocycles. The second-order valence-corrected chi connectivity index (χ2v) is 5.94. The Hall–Kier alpha value is -1.05. The highest BCUT2D eigenvalue weighted by Gasteiger charge is 2.30. The number of hydrogen-bond donors (Lipinski definition) is 1. The number of rotatable bonds is 3. The molecule has 2 rings (SSSR count). The summed E-state index contributed by atoms with van der Waals surface area (Å²) in [6, 6.07) is 1.58. The van der Waals surface area contributed by atoms with Crippen molar-refractivity contribution in [1.82, 2.24) is 19.6 Å². The lowest BCUT2D eigenvalue weighted by atomic mass is 10.1. The van der Waals surface area contributed by atoms with Gasteiger partial charge in [-0.15, -0.1) is 0 Å². The van der Waals surface area contributed by atoms with Gasteiger partial charge in [0, 0.05) is 32.0 Å². The predicted octanol–water partition coefficient (Wildman–Crippen LogP) is -0.151. The molecule has 1 fully saturated rings. The number of aromatic nitrogens is 2. The third-order valence-electron chi connectivity index (χ3n) is 2.94. The quantitative estimate of drug-likeness (QED) is 0.761. The number of hydrogen-bond acceptors (Lipinski definition) is 5. The molecule has 0 spiro atoms. The molecule has 1 atom stereocenters. The van der Waals surface area contributed by atoms with E-state index >= 15 is 0 Å². The van der Waals surface area contributed by atoms with Gasteiger partial charge in [0.1, 0.15) is 0 Å². The average Bonchev–Trinajstić information content (AvgIpc) is 2.40. The minimum absolute atomic E-state index is 0.0162. The molecule has 17 heavy (non-hydrogen) atoms. The van der Waals surface area contributed by atoms with Crippen LogP contribution >= 0.6 is 0 Å². The van der Waals surface area contributed by atoms with Gasteiger partial charge >= 0.3 is 0 Å². The van der Waals surface area contributed by atoms with Crippen molar-refractivity contribution in [2.75, 3.05) is 20.1 Å². The Balaban J connectivity index is 2.20. The standard InChI is InChI=1S/C10H16N4O2S/c1-14(9-4-2-5-11-8-9)17(15,16)10-12-6-3-7-13-10/h3,6-7,9,11H,2,4-5,8H2,1H3/t9-/m0/s1. The van der Waals surface area contributed by atoms with Crippen molar-refractivity contribution < 1.29 is 8.42 Å². The second kappa shape index (κ2) is 5.07. The topological polar surface area (TPSA) is 75.2 Å². The summed E-state index contributed by atoms with van der Waals surface area (Å²) >= 11 is 0. The van der Waals surface area contributed by atoms with Gasteiger partial charge < -0.3 is 5.32 Å². The Bertz CT molecular complexity index is 456. The monoisotopic (exact) mass is 256 g/mol. The molecule has 0 amide bonds. The Kier molecular flexibility index (Phi) is 3.70. The van der Waals surface area contributed by atoms with Gasteiger partial charge in [0.05, 0.1) is 0 Å². The van der Waals surface area contributed by atoms with Gasteiger partial charge in [0.2, 0.25) is 0 Å². The summed E-state index contributed by atoms with van der Waals surface area (Å²) in [6.45, 7) is 1.63. The first-order chi connectivity index (χ1) is 8.12. The van der Waals surface area contributed by atoms with Crippen molar-refractivity contribution in [2.45, 2.75) is 24.0 Å². The number of piperidine rings is 1. The third kappa shape index (κ3) is 2.62. The first-order valence-corrected chi connectivity index (χ1v) is 7.02. The highest BCUT2D eigenvalue weighted by Crippen LogP contribution is 2.16. The smallest absolute Gasteiger partial charge is 0.278 e. The van der Waals surface area contributed by atoms with E-state index in [1.54, 1.807) is 13.1 Å². The molecule has 0 radical (unpaired) electrons. The van der Waals surface area contributed by atoms with Crippen molar-refractivity contribution in [3.8, 4) is 0 Å². The normalized spacial score (nSPS) is 21.6. The van der Waals surface area contributed by atoms with E-state index in [0.29, 0.717) is 6.54 Å². The van der Waals surface area contributed by atoms with Crippen LogP contribution in [0.3, 0.4) is 0 Å². The summed E-state index contributed by atoms with van der Waals surface area (Å²) in [6.07, 6.45) is 4.73. The zero-order valence-corrected chi connectivity index (χ0v) is 10.5. The molecular formula is C10H16N4O2S. The fraction of sp³-hybridized carbons (Fsp3) is 0.600. The molecule has 1 aliphatic heterocycles. The van der Waals surface area contributed by atoms with Crippen LogP contribution in [0.1, 0.15) is 12.8 Å². The maximum Gasteiger partial charge on any atom is 0.278 e. The van der Waals surface area contributed by atoms with Gasteiger partial charge in [-0.1, -0.05) is 0 Å². The van der Waals surface area contributed by atoms with Crippen molar-refractivity contribution in [2.24, 2.45) is 0 Å². The van der Waals surface area contributed by atoms with E-state index in [1.165, 1.54) is 16.7 Å². The molecule has 0 saturated carbocycles. The molecule has 0 bridgehead atoms. The van der Waals surface area contributed by atoms with E-state index in [2.05, 4.69) is 15.3 Å². The zero-order chi connectivity index (χ0) is 12.3. The van der Waals surface area contributed by atoms with E-state index in [1.807, 2.05) is 0 Å². The van der Waals surface area contributed by atoms with E-state index in [0.717, 1.165) is 19.4 Å². The lowest BCUT2D eigenvalue weighted by Crippen LogP contribution is -2.46. The number of nitrogens with zero attached hydrogens (tertiary/aromatic N) is 3. The van der Waals surface area contributed by atoms with E-state index in [9.17, 15) is 8.42 Å². The Morgan fingerprint density at radius 1 is 1.41 bits per heavy atom. The Morgan fingerprint density at radius 2 is 2.12 bits per heavy atom. The fourth-order valence-electron chi connectivity index (χ4n) is 1.89. The second-order valence-electron chi connectivity index (χ2n) is 4.05. The summed E-state index contributed by atoms with van der Waals surface area (Å²) < 4.78 is 25.8. The molecule has 94 valence electrons. The molecule has 1 aromatic heterocycles. The molecule has 1 saturated heterocycles. The van der Waals surface area contributed by atoms with Crippen molar-refractivity contribution in [3.63, 3.8) is 0 Å². The van der Waals surface area contributed by atoms with E-state index < -0.39 is 10.0 Å². The van der Waals surface area contributed by atoms with Gasteiger partial charge in [-0.3, -0.25) is 0 Å².